The van der Waals surface area contributed by atoms with Crippen LogP contribution in [-0.4, -0.2) is 21.2 Å². The van der Waals surface area contributed by atoms with Crippen molar-refractivity contribution in [1.29, 1.82) is 0 Å². The number of nitrogens with two attached hydrogens (primary N) is 1. The molecule has 37 heavy (non-hydrogen) atoms. The Morgan fingerprint density at radius 1 is 0.973 bits per heavy atom. The minimum Gasteiger partial charge on any atom is -0.409 e. The summed E-state index contributed by atoms with van der Waals surface area (Å²) in [5.74, 6) is 4.68. The molecule has 0 spiro atoms. The minimum absolute atomic E-state index is 0.239. The first kappa shape index (κ1) is 24.5. The van der Waals surface area contributed by atoms with Crippen molar-refractivity contribution in [2.45, 2.75) is 24.6 Å². The Labute approximate surface area is 229 Å². The lowest BCUT2D eigenvalue weighted by atomic mass is 10.0. The number of fused-ring (bicyclic) bond motifs is 2. The predicted molar refractivity (Wildman–Crippen MR) is 146 cm³/mol. The smallest absolute Gasteiger partial charge is 0.241 e. The third-order valence-corrected chi connectivity index (χ3v) is 8.60. The van der Waals surface area contributed by atoms with Crippen LogP contribution in [0.1, 0.15) is 41.6 Å². The topological polar surface area (TPSA) is 97.5 Å². The van der Waals surface area contributed by atoms with E-state index in [1.54, 1.807) is 0 Å². The highest BCUT2D eigenvalue weighted by atomic mass is 35.5. The summed E-state index contributed by atoms with van der Waals surface area (Å²) in [6.45, 7) is 0. The molecule has 0 saturated heterocycles. The monoisotopic (exact) mass is 554 g/mol. The molecule has 0 amide bonds. The van der Waals surface area contributed by atoms with Gasteiger partial charge in [-0.1, -0.05) is 69.9 Å². The van der Waals surface area contributed by atoms with Crippen LogP contribution in [0.15, 0.2) is 70.4 Å². The van der Waals surface area contributed by atoms with Crippen molar-refractivity contribution in [3.05, 3.63) is 93.6 Å². The number of hydrogen-bond donors (Lipinski definition) is 2. The van der Waals surface area contributed by atoms with E-state index >= 15 is 0 Å². The Bertz CT molecular complexity index is 1430. The lowest BCUT2D eigenvalue weighted by Gasteiger charge is -2.06. The second-order valence-electron chi connectivity index (χ2n) is 10.1. The van der Waals surface area contributed by atoms with E-state index in [2.05, 4.69) is 39.6 Å². The molecule has 0 unspecified atom stereocenters. The Balaban J connectivity index is 0.000000138. The number of oxime groups is 1. The van der Waals surface area contributed by atoms with Crippen LogP contribution in [0.5, 0.6) is 0 Å². The summed E-state index contributed by atoms with van der Waals surface area (Å²) in [6.07, 6.45) is 6.61. The molecule has 1 aromatic heterocycles. The molecule has 0 aliphatic heterocycles. The molecule has 3 N–H and O–H groups in total. The Kier molecular flexibility index (Phi) is 6.51. The molecule has 7 rings (SSSR count). The van der Waals surface area contributed by atoms with Gasteiger partial charge in [0.15, 0.2) is 5.82 Å². The summed E-state index contributed by atoms with van der Waals surface area (Å²) in [4.78, 5) is 4.33. The maximum absolute atomic E-state index is 8.64. The zero-order valence-electron chi connectivity index (χ0n) is 19.8. The van der Waals surface area contributed by atoms with Crippen molar-refractivity contribution < 1.29 is 9.73 Å². The van der Waals surface area contributed by atoms with E-state index in [-0.39, 0.29) is 11.8 Å². The van der Waals surface area contributed by atoms with Crippen molar-refractivity contribution >= 4 is 51.8 Å². The van der Waals surface area contributed by atoms with E-state index in [0.29, 0.717) is 41.3 Å². The van der Waals surface area contributed by atoms with Crippen LogP contribution in [0.25, 0.3) is 11.1 Å². The van der Waals surface area contributed by atoms with Crippen LogP contribution >= 0.6 is 34.8 Å². The van der Waals surface area contributed by atoms with E-state index < -0.39 is 0 Å². The molecular weight excluding hydrogens is 531 g/mol. The van der Waals surface area contributed by atoms with Gasteiger partial charge in [0.1, 0.15) is 11.7 Å². The third kappa shape index (κ3) is 4.78. The van der Waals surface area contributed by atoms with Gasteiger partial charge in [0.05, 0.1) is 0 Å². The van der Waals surface area contributed by atoms with Gasteiger partial charge in [0.2, 0.25) is 5.89 Å². The van der Waals surface area contributed by atoms with Crippen LogP contribution in [0.2, 0.25) is 10.0 Å². The third-order valence-electron chi connectivity index (χ3n) is 7.90. The van der Waals surface area contributed by atoms with Gasteiger partial charge in [-0.3, -0.25) is 0 Å². The second-order valence-corrected chi connectivity index (χ2v) is 11.2. The lowest BCUT2D eigenvalue weighted by Crippen LogP contribution is -2.16. The van der Waals surface area contributed by atoms with Crippen molar-refractivity contribution in [3.8, 4) is 0 Å². The number of aromatic nitrogens is 2. The predicted octanol–water partition coefficient (Wildman–Crippen LogP) is 7.01. The summed E-state index contributed by atoms with van der Waals surface area (Å²) in [5, 5.41) is 17.3. The summed E-state index contributed by atoms with van der Waals surface area (Å²) in [5.41, 5.74) is 10.7. The number of hydrogen-bond acceptors (Lipinski definition) is 5. The van der Waals surface area contributed by atoms with Gasteiger partial charge in [-0.05, 0) is 83.1 Å². The van der Waals surface area contributed by atoms with Gasteiger partial charge in [-0.25, -0.2) is 0 Å². The first-order valence-corrected chi connectivity index (χ1v) is 13.5. The molecule has 6 nitrogen and oxygen atoms in total. The fourth-order valence-electron chi connectivity index (χ4n) is 6.00. The Morgan fingerprint density at radius 2 is 1.59 bits per heavy atom. The summed E-state index contributed by atoms with van der Waals surface area (Å²) >= 11 is 17.7. The molecule has 2 saturated carbocycles. The van der Waals surface area contributed by atoms with Crippen molar-refractivity contribution in [1.82, 2.24) is 10.1 Å². The summed E-state index contributed by atoms with van der Waals surface area (Å²) in [7, 11) is 0. The molecule has 9 heteroatoms. The van der Waals surface area contributed by atoms with E-state index in [0.717, 1.165) is 28.7 Å². The number of halogens is 3. The van der Waals surface area contributed by atoms with Gasteiger partial charge in [-0.2, -0.15) is 4.98 Å². The Morgan fingerprint density at radius 3 is 2.05 bits per heavy atom. The van der Waals surface area contributed by atoms with Crippen LogP contribution in [0.4, 0.5) is 0 Å². The minimum atomic E-state index is 0.239. The van der Waals surface area contributed by atoms with Gasteiger partial charge in [-0.15, -0.1) is 11.6 Å². The SMILES string of the molecule is ClCc1nc([C@@H]2[C@H]3C=C(c4cccc(Cl)c4)C[C@H]32)no1.N/C(=N\O)[C@@H]1[C@H]2C=C(c3cccc(Cl)c3)C[C@H]21. The van der Waals surface area contributed by atoms with E-state index in [1.807, 2.05) is 36.4 Å². The van der Waals surface area contributed by atoms with Crippen LogP contribution in [0.3, 0.4) is 0 Å². The summed E-state index contributed by atoms with van der Waals surface area (Å²) in [6, 6.07) is 15.9. The molecule has 4 aliphatic rings. The largest absolute Gasteiger partial charge is 0.409 e. The van der Waals surface area contributed by atoms with Gasteiger partial charge in [0, 0.05) is 21.9 Å². The maximum Gasteiger partial charge on any atom is 0.241 e. The molecule has 190 valence electrons. The van der Waals surface area contributed by atoms with Crippen molar-refractivity contribution in [3.63, 3.8) is 0 Å². The van der Waals surface area contributed by atoms with Gasteiger partial charge in [0.25, 0.3) is 0 Å². The zero-order chi connectivity index (χ0) is 25.7. The Hall–Kier alpha value is -2.80. The fraction of sp³-hybridized carbons (Fsp3) is 0.321. The average Bonchev–Trinajstić information content (AvgIpc) is 3.45. The second kappa shape index (κ2) is 9.82. The molecule has 4 aliphatic carbocycles. The highest BCUT2D eigenvalue weighted by molar-refractivity contribution is 6.31. The van der Waals surface area contributed by atoms with Gasteiger partial charge >= 0.3 is 0 Å². The molecule has 1 heterocycles. The molecule has 0 bridgehead atoms. The standard InChI is InChI=1S/C15H12Cl2N2O.C13H13ClN2O/c16-7-13-18-15(19-20-13)14-11-5-9(6-12(11)14)8-2-1-3-10(17)4-8;14-9-3-1-2-7(4-9)8-5-10-11(6-8)12(10)13(15)16-17/h1-5,11-12,14H,6-7H2;1-5,10-12,17H,6H2,(H2,15,16)/t11-,12+,14+;10-,11+,12+/m00/s1. The molecule has 6 atom stereocenters. The molecule has 0 radical (unpaired) electrons. The molecule has 2 fully saturated rings. The molecule has 2 aromatic carbocycles. The highest BCUT2D eigenvalue weighted by Crippen LogP contribution is 2.62. The zero-order valence-corrected chi connectivity index (χ0v) is 22.0. The van der Waals surface area contributed by atoms with E-state index in [9.17, 15) is 0 Å². The molecular formula is C28H25Cl3N4O2. The number of benzene rings is 2. The van der Waals surface area contributed by atoms with Crippen molar-refractivity contribution in [2.75, 3.05) is 0 Å². The highest BCUT2D eigenvalue weighted by Gasteiger charge is 2.56. The van der Waals surface area contributed by atoms with E-state index in [1.165, 1.54) is 22.3 Å². The number of nitrogens with zero attached hydrogens (tertiary/aromatic N) is 3. The van der Waals surface area contributed by atoms with E-state index in [4.69, 9.17) is 50.3 Å². The van der Waals surface area contributed by atoms with Crippen LogP contribution in [-0.2, 0) is 5.88 Å². The number of allylic oxidation sites excluding steroid dienone is 4. The average molecular weight is 556 g/mol. The van der Waals surface area contributed by atoms with Gasteiger partial charge < -0.3 is 15.5 Å². The summed E-state index contributed by atoms with van der Waals surface area (Å²) < 4.78 is 5.08. The maximum atomic E-state index is 8.64. The normalized spacial score (nSPS) is 29.0. The van der Waals surface area contributed by atoms with Crippen molar-refractivity contribution in [2.24, 2.45) is 40.5 Å². The molecule has 3 aromatic rings. The number of rotatable bonds is 5. The number of alkyl halides is 1. The first-order chi connectivity index (χ1) is 18.0. The fourth-order valence-corrected chi connectivity index (χ4v) is 6.49. The van der Waals surface area contributed by atoms with Crippen LogP contribution < -0.4 is 5.73 Å². The quantitative estimate of drug-likeness (QED) is 0.116. The first-order valence-electron chi connectivity index (χ1n) is 12.3. The number of amidine groups is 1. The van der Waals surface area contributed by atoms with Crippen LogP contribution in [0, 0.1) is 29.6 Å². The lowest BCUT2D eigenvalue weighted by molar-refractivity contribution is 0.316.